The van der Waals surface area contributed by atoms with Crippen molar-refractivity contribution < 1.29 is 28.1 Å². The Morgan fingerprint density at radius 1 is 1.09 bits per heavy atom. The van der Waals surface area contributed by atoms with Crippen LogP contribution in [0.5, 0.6) is 23.1 Å². The predicted octanol–water partition coefficient (Wildman–Crippen LogP) is 3.97. The van der Waals surface area contributed by atoms with Crippen LogP contribution in [0.2, 0.25) is 0 Å². The average molecular weight is 480 g/mol. The van der Waals surface area contributed by atoms with Crippen molar-refractivity contribution >= 4 is 17.0 Å². The average Bonchev–Trinajstić information content (AvgIpc) is 3.55. The fraction of sp³-hybridized carbons (Fsp3) is 0.385. The van der Waals surface area contributed by atoms with Crippen LogP contribution in [0.3, 0.4) is 0 Å². The lowest BCUT2D eigenvalue weighted by atomic mass is 10.1. The van der Waals surface area contributed by atoms with Gasteiger partial charge in [-0.05, 0) is 31.0 Å². The zero-order valence-electron chi connectivity index (χ0n) is 19.6. The van der Waals surface area contributed by atoms with Crippen LogP contribution in [0.15, 0.2) is 36.2 Å². The summed E-state index contributed by atoms with van der Waals surface area (Å²) in [6, 6.07) is 7.09. The fourth-order valence-electron chi connectivity index (χ4n) is 4.92. The van der Waals surface area contributed by atoms with E-state index < -0.39 is 0 Å². The van der Waals surface area contributed by atoms with E-state index in [4.69, 9.17) is 23.7 Å². The van der Waals surface area contributed by atoms with Gasteiger partial charge in [-0.3, -0.25) is 4.90 Å². The Morgan fingerprint density at radius 3 is 2.71 bits per heavy atom. The minimum absolute atomic E-state index is 0.123. The van der Waals surface area contributed by atoms with Crippen molar-refractivity contribution in [1.29, 1.82) is 0 Å². The highest BCUT2D eigenvalue weighted by Crippen LogP contribution is 2.38. The zero-order chi connectivity index (χ0) is 23.9. The van der Waals surface area contributed by atoms with Crippen molar-refractivity contribution in [2.24, 2.45) is 0 Å². The number of hydrogen-bond acceptors (Lipinski definition) is 8. The van der Waals surface area contributed by atoms with Crippen LogP contribution in [0.1, 0.15) is 18.1 Å². The second kappa shape index (κ2) is 9.07. The summed E-state index contributed by atoms with van der Waals surface area (Å²) in [7, 11) is 1.57. The summed E-state index contributed by atoms with van der Waals surface area (Å²) in [4.78, 5) is 10.9. The van der Waals surface area contributed by atoms with Gasteiger partial charge in [0.25, 0.3) is 0 Å². The Labute approximate surface area is 202 Å². The molecule has 0 N–H and O–H groups in total. The second-order valence-electron chi connectivity index (χ2n) is 9.06. The van der Waals surface area contributed by atoms with Crippen molar-refractivity contribution in [3.8, 4) is 23.1 Å². The molecule has 2 atom stereocenters. The van der Waals surface area contributed by atoms with Gasteiger partial charge in [0.05, 0.1) is 18.0 Å². The number of ether oxygens (including phenoxy) is 5. The number of rotatable bonds is 7. The third kappa shape index (κ3) is 4.20. The minimum atomic E-state index is -0.389. The van der Waals surface area contributed by atoms with Crippen LogP contribution in [0, 0.1) is 5.82 Å². The number of methoxy groups -OCH3 is 1. The Morgan fingerprint density at radius 2 is 1.91 bits per heavy atom. The smallest absolute Gasteiger partial charge is 0.230 e. The molecular weight excluding hydrogens is 453 g/mol. The first-order valence-electron chi connectivity index (χ1n) is 11.7. The van der Waals surface area contributed by atoms with Gasteiger partial charge >= 0.3 is 0 Å². The summed E-state index contributed by atoms with van der Waals surface area (Å²) >= 11 is 0. The van der Waals surface area contributed by atoms with E-state index in [1.54, 1.807) is 25.3 Å². The summed E-state index contributed by atoms with van der Waals surface area (Å²) < 4.78 is 43.8. The van der Waals surface area contributed by atoms with Gasteiger partial charge in [0.15, 0.2) is 23.1 Å². The number of aromatic nitrogens is 2. The number of fused-ring (bicyclic) bond motifs is 3. The molecule has 35 heavy (non-hydrogen) atoms. The summed E-state index contributed by atoms with van der Waals surface area (Å²) in [6.07, 6.45) is 4.30. The van der Waals surface area contributed by atoms with E-state index in [9.17, 15) is 0 Å². The molecule has 2 unspecified atom stereocenters. The number of benzene rings is 2. The molecule has 3 aliphatic rings. The SMILES string of the molecule is COc1cc2c(Oc3ccc4c(c3F)C=C(C)C4)ncnc2cc1OCCN1CC2OCOC2C1. The largest absolute Gasteiger partial charge is 0.493 e. The molecule has 2 saturated heterocycles. The molecule has 3 aromatic rings. The van der Waals surface area contributed by atoms with Gasteiger partial charge in [0.1, 0.15) is 31.9 Å². The molecule has 3 heterocycles. The van der Waals surface area contributed by atoms with Crippen LogP contribution in [0.25, 0.3) is 17.0 Å². The first-order chi connectivity index (χ1) is 17.1. The predicted molar refractivity (Wildman–Crippen MR) is 126 cm³/mol. The lowest BCUT2D eigenvalue weighted by Crippen LogP contribution is -2.28. The highest BCUT2D eigenvalue weighted by Gasteiger charge is 2.38. The molecule has 9 heteroatoms. The Kier molecular flexibility index (Phi) is 5.75. The van der Waals surface area contributed by atoms with Gasteiger partial charge in [-0.2, -0.15) is 0 Å². The normalized spacial score (nSPS) is 21.2. The first kappa shape index (κ1) is 22.2. The van der Waals surface area contributed by atoms with Gasteiger partial charge in [-0.15, -0.1) is 0 Å². The van der Waals surface area contributed by atoms with E-state index in [1.165, 1.54) is 6.33 Å². The van der Waals surface area contributed by atoms with E-state index in [0.29, 0.717) is 41.4 Å². The number of allylic oxidation sites excluding steroid dienone is 1. The molecule has 1 aliphatic carbocycles. The highest BCUT2D eigenvalue weighted by atomic mass is 19.1. The van der Waals surface area contributed by atoms with Gasteiger partial charge in [-0.1, -0.05) is 17.7 Å². The third-order valence-corrected chi connectivity index (χ3v) is 6.71. The number of nitrogens with zero attached hydrogens (tertiary/aromatic N) is 3. The molecule has 182 valence electrons. The molecule has 2 aliphatic heterocycles. The molecule has 2 fully saturated rings. The molecular formula is C26H26FN3O5. The van der Waals surface area contributed by atoms with Crippen LogP contribution in [-0.2, 0) is 15.9 Å². The van der Waals surface area contributed by atoms with Crippen LogP contribution in [0.4, 0.5) is 4.39 Å². The Hall–Kier alpha value is -3.27. The topological polar surface area (TPSA) is 75.2 Å². The number of likely N-dealkylation sites (tertiary alicyclic amines) is 1. The third-order valence-electron chi connectivity index (χ3n) is 6.71. The van der Waals surface area contributed by atoms with E-state index in [2.05, 4.69) is 14.9 Å². The van der Waals surface area contributed by atoms with E-state index in [0.717, 1.165) is 37.2 Å². The summed E-state index contributed by atoms with van der Waals surface area (Å²) in [6.45, 7) is 5.27. The monoisotopic (exact) mass is 479 g/mol. The molecule has 0 spiro atoms. The van der Waals surface area contributed by atoms with E-state index in [-0.39, 0.29) is 29.7 Å². The lowest BCUT2D eigenvalue weighted by molar-refractivity contribution is 0.0140. The first-order valence-corrected chi connectivity index (χ1v) is 11.7. The molecule has 0 radical (unpaired) electrons. The number of hydrogen-bond donors (Lipinski definition) is 0. The quantitative estimate of drug-likeness (QED) is 0.504. The fourth-order valence-corrected chi connectivity index (χ4v) is 4.92. The standard InChI is InChI=1S/C26H26FN3O5/c1-15-7-16-3-4-20(25(27)17(16)8-15)35-26-18-9-21(31-2)22(10-19(18)28-13-29-26)32-6-5-30-11-23-24(12-30)34-14-33-23/h3-4,8-10,13,23-24H,5-7,11-12,14H2,1-2H3. The summed E-state index contributed by atoms with van der Waals surface area (Å²) in [5.41, 5.74) is 3.27. The van der Waals surface area contributed by atoms with Crippen LogP contribution >= 0.6 is 0 Å². The van der Waals surface area contributed by atoms with Crippen molar-refractivity contribution in [2.45, 2.75) is 25.6 Å². The Balaban J connectivity index is 1.21. The van der Waals surface area contributed by atoms with Crippen LogP contribution < -0.4 is 14.2 Å². The maximum Gasteiger partial charge on any atom is 0.230 e. The molecule has 0 saturated carbocycles. The number of halogens is 1. The van der Waals surface area contributed by atoms with Gasteiger partial charge in [-0.25, -0.2) is 14.4 Å². The van der Waals surface area contributed by atoms with E-state index in [1.807, 2.05) is 19.1 Å². The lowest BCUT2D eigenvalue weighted by Gasteiger charge is -2.18. The molecule has 6 rings (SSSR count). The molecule has 2 aromatic carbocycles. The van der Waals surface area contributed by atoms with Crippen molar-refractivity contribution in [2.75, 3.05) is 40.1 Å². The molecule has 8 nitrogen and oxygen atoms in total. The zero-order valence-corrected chi connectivity index (χ0v) is 19.6. The van der Waals surface area contributed by atoms with Crippen molar-refractivity contribution in [1.82, 2.24) is 14.9 Å². The van der Waals surface area contributed by atoms with Gasteiger partial charge in [0, 0.05) is 31.3 Å². The van der Waals surface area contributed by atoms with Crippen LogP contribution in [-0.4, -0.2) is 67.2 Å². The molecule has 0 amide bonds. The second-order valence-corrected chi connectivity index (χ2v) is 9.06. The van der Waals surface area contributed by atoms with E-state index >= 15 is 4.39 Å². The summed E-state index contributed by atoms with van der Waals surface area (Å²) in [5.74, 6) is 1.08. The maximum atomic E-state index is 15.1. The van der Waals surface area contributed by atoms with Crippen molar-refractivity contribution in [3.05, 3.63) is 53.1 Å². The van der Waals surface area contributed by atoms with Gasteiger partial charge < -0.3 is 23.7 Å². The molecule has 0 bridgehead atoms. The van der Waals surface area contributed by atoms with Gasteiger partial charge in [0.2, 0.25) is 5.88 Å². The minimum Gasteiger partial charge on any atom is -0.493 e. The molecule has 1 aromatic heterocycles. The highest BCUT2D eigenvalue weighted by molar-refractivity contribution is 5.87. The summed E-state index contributed by atoms with van der Waals surface area (Å²) in [5, 5.41) is 0.602. The van der Waals surface area contributed by atoms with Crippen molar-refractivity contribution in [3.63, 3.8) is 0 Å². The Bertz CT molecular complexity index is 1300. The maximum absolute atomic E-state index is 15.1.